The van der Waals surface area contributed by atoms with Crippen LogP contribution in [-0.2, 0) is 0 Å². The van der Waals surface area contributed by atoms with E-state index < -0.39 is 0 Å². The third kappa shape index (κ3) is 6.62. The van der Waals surface area contributed by atoms with Gasteiger partial charge in [0.15, 0.2) is 0 Å². The molecule has 0 bridgehead atoms. The standard InChI is InChI=1S/C4H6N2.C3H5N3S.C2H6/c1-4-2-3-5-6-4;1-2-5-6-3(4)7-2;1-2/h2-3H,1H3,(H,5,6);1H3,(H2,4,6);1-2H3. The van der Waals surface area contributed by atoms with Gasteiger partial charge in [0.2, 0.25) is 5.13 Å². The zero-order valence-corrected chi connectivity index (χ0v) is 10.3. The average Bonchev–Trinajstić information content (AvgIpc) is 2.82. The van der Waals surface area contributed by atoms with Crippen LogP contribution in [0.25, 0.3) is 0 Å². The van der Waals surface area contributed by atoms with Gasteiger partial charge in [-0.3, -0.25) is 5.10 Å². The summed E-state index contributed by atoms with van der Waals surface area (Å²) in [4.78, 5) is 0. The van der Waals surface area contributed by atoms with Crippen molar-refractivity contribution in [3.8, 4) is 0 Å². The Labute approximate surface area is 93.7 Å². The summed E-state index contributed by atoms with van der Waals surface area (Å²) in [6.07, 6.45) is 1.73. The number of hydrogen-bond acceptors (Lipinski definition) is 5. The molecule has 2 rings (SSSR count). The van der Waals surface area contributed by atoms with Gasteiger partial charge in [0.25, 0.3) is 0 Å². The van der Waals surface area contributed by atoms with Crippen molar-refractivity contribution in [2.45, 2.75) is 27.7 Å². The van der Waals surface area contributed by atoms with Crippen molar-refractivity contribution >= 4 is 16.5 Å². The Bertz CT molecular complexity index is 325. The van der Waals surface area contributed by atoms with Gasteiger partial charge in [-0.2, -0.15) is 5.10 Å². The fraction of sp³-hybridized carbons (Fsp3) is 0.444. The van der Waals surface area contributed by atoms with Gasteiger partial charge in [0.05, 0.1) is 0 Å². The highest BCUT2D eigenvalue weighted by atomic mass is 32.1. The van der Waals surface area contributed by atoms with E-state index in [2.05, 4.69) is 20.4 Å². The van der Waals surface area contributed by atoms with Crippen LogP contribution < -0.4 is 5.73 Å². The van der Waals surface area contributed by atoms with Crippen molar-refractivity contribution in [2.75, 3.05) is 5.73 Å². The Morgan fingerprint density at radius 1 is 1.27 bits per heavy atom. The summed E-state index contributed by atoms with van der Waals surface area (Å²) in [6, 6.07) is 1.92. The van der Waals surface area contributed by atoms with Crippen LogP contribution in [0.15, 0.2) is 12.3 Å². The molecule has 6 heteroatoms. The molecule has 0 amide bonds. The number of H-pyrrole nitrogens is 1. The first-order valence-corrected chi connectivity index (χ1v) is 5.51. The number of nitrogens with one attached hydrogen (secondary N) is 1. The quantitative estimate of drug-likeness (QED) is 0.722. The van der Waals surface area contributed by atoms with E-state index in [1.54, 1.807) is 6.20 Å². The maximum Gasteiger partial charge on any atom is 0.203 e. The number of aromatic nitrogens is 4. The first kappa shape index (κ1) is 13.6. The average molecular weight is 227 g/mol. The molecule has 0 saturated heterocycles. The molecule has 84 valence electrons. The number of aryl methyl sites for hydroxylation is 2. The fourth-order valence-corrected chi connectivity index (χ4v) is 1.10. The molecule has 15 heavy (non-hydrogen) atoms. The number of nitrogens with two attached hydrogens (primary N) is 1. The molecule has 0 aliphatic rings. The number of nitrogens with zero attached hydrogens (tertiary/aromatic N) is 3. The lowest BCUT2D eigenvalue weighted by atomic mass is 10.5. The van der Waals surface area contributed by atoms with E-state index in [0.29, 0.717) is 5.13 Å². The van der Waals surface area contributed by atoms with Crippen LogP contribution in [-0.4, -0.2) is 20.4 Å². The minimum absolute atomic E-state index is 0.539. The molecule has 3 N–H and O–H groups in total. The van der Waals surface area contributed by atoms with Crippen molar-refractivity contribution in [3.05, 3.63) is 23.0 Å². The van der Waals surface area contributed by atoms with Gasteiger partial charge in [-0.1, -0.05) is 25.2 Å². The van der Waals surface area contributed by atoms with Gasteiger partial charge < -0.3 is 5.73 Å². The summed E-state index contributed by atoms with van der Waals surface area (Å²) < 4.78 is 0. The number of rotatable bonds is 0. The van der Waals surface area contributed by atoms with E-state index >= 15 is 0 Å². The highest BCUT2D eigenvalue weighted by Gasteiger charge is 1.89. The molecule has 0 aliphatic carbocycles. The van der Waals surface area contributed by atoms with Gasteiger partial charge in [-0.05, 0) is 19.9 Å². The smallest absolute Gasteiger partial charge is 0.203 e. The SMILES string of the molecule is CC.Cc1ccn[nH]1.Cc1nnc(N)s1. The fourth-order valence-electron chi connectivity index (χ4n) is 0.637. The second-order valence-electron chi connectivity index (χ2n) is 2.40. The van der Waals surface area contributed by atoms with E-state index in [1.807, 2.05) is 33.8 Å². The summed E-state index contributed by atoms with van der Waals surface area (Å²) >= 11 is 1.40. The minimum atomic E-state index is 0.539. The molecule has 0 unspecified atom stereocenters. The first-order chi connectivity index (χ1) is 7.18. The van der Waals surface area contributed by atoms with Gasteiger partial charge >= 0.3 is 0 Å². The van der Waals surface area contributed by atoms with Crippen LogP contribution >= 0.6 is 11.3 Å². The van der Waals surface area contributed by atoms with E-state index in [1.165, 1.54) is 11.3 Å². The molecule has 2 heterocycles. The molecule has 0 spiro atoms. The zero-order valence-electron chi connectivity index (χ0n) is 9.48. The molecular formula is C9H17N5S. The summed E-state index contributed by atoms with van der Waals surface area (Å²) in [5, 5.41) is 15.1. The van der Waals surface area contributed by atoms with Crippen LogP contribution in [0.4, 0.5) is 5.13 Å². The van der Waals surface area contributed by atoms with Crippen molar-refractivity contribution in [2.24, 2.45) is 0 Å². The second-order valence-corrected chi connectivity index (χ2v) is 3.61. The molecule has 0 radical (unpaired) electrons. The van der Waals surface area contributed by atoms with Crippen LogP contribution in [0.5, 0.6) is 0 Å². The molecule has 5 nitrogen and oxygen atoms in total. The molecule has 0 aliphatic heterocycles. The predicted octanol–water partition coefficient (Wildman–Crippen LogP) is 2.17. The number of nitrogen functional groups attached to an aromatic ring is 1. The van der Waals surface area contributed by atoms with E-state index in [4.69, 9.17) is 5.73 Å². The van der Waals surface area contributed by atoms with Crippen LogP contribution in [0.3, 0.4) is 0 Å². The molecule has 0 saturated carbocycles. The molecular weight excluding hydrogens is 210 g/mol. The normalized spacial score (nSPS) is 8.27. The van der Waals surface area contributed by atoms with Crippen LogP contribution in [0.1, 0.15) is 24.5 Å². The van der Waals surface area contributed by atoms with Crippen LogP contribution in [0.2, 0.25) is 0 Å². The Kier molecular flexibility index (Phi) is 7.17. The molecule has 0 atom stereocenters. The molecule has 2 aromatic rings. The summed E-state index contributed by atoms with van der Waals surface area (Å²) in [5.41, 5.74) is 6.33. The summed E-state index contributed by atoms with van der Waals surface area (Å²) in [5.74, 6) is 0. The number of aromatic amines is 1. The monoisotopic (exact) mass is 227 g/mol. The zero-order chi connectivity index (χ0) is 11.7. The lowest BCUT2D eigenvalue weighted by molar-refractivity contribution is 1.05. The van der Waals surface area contributed by atoms with Crippen molar-refractivity contribution < 1.29 is 0 Å². The third-order valence-corrected chi connectivity index (χ3v) is 1.85. The van der Waals surface area contributed by atoms with E-state index in [0.717, 1.165) is 10.7 Å². The van der Waals surface area contributed by atoms with Crippen molar-refractivity contribution in [1.82, 2.24) is 20.4 Å². The van der Waals surface area contributed by atoms with E-state index in [-0.39, 0.29) is 0 Å². The maximum atomic E-state index is 5.22. The Hall–Kier alpha value is -1.43. The Balaban J connectivity index is 0.000000227. The lowest BCUT2D eigenvalue weighted by Gasteiger charge is -1.68. The predicted molar refractivity (Wildman–Crippen MR) is 63.7 cm³/mol. The summed E-state index contributed by atoms with van der Waals surface area (Å²) in [6.45, 7) is 7.83. The molecule has 0 aromatic carbocycles. The Morgan fingerprint density at radius 2 is 1.93 bits per heavy atom. The third-order valence-electron chi connectivity index (χ3n) is 1.18. The van der Waals surface area contributed by atoms with Crippen molar-refractivity contribution in [3.63, 3.8) is 0 Å². The number of anilines is 1. The minimum Gasteiger partial charge on any atom is -0.374 e. The van der Waals surface area contributed by atoms with Gasteiger partial charge in [-0.15, -0.1) is 10.2 Å². The van der Waals surface area contributed by atoms with Gasteiger partial charge in [0.1, 0.15) is 5.01 Å². The van der Waals surface area contributed by atoms with E-state index in [9.17, 15) is 0 Å². The number of hydrogen-bond donors (Lipinski definition) is 2. The highest BCUT2D eigenvalue weighted by molar-refractivity contribution is 7.14. The topological polar surface area (TPSA) is 80.5 Å². The van der Waals surface area contributed by atoms with Gasteiger partial charge in [-0.25, -0.2) is 0 Å². The maximum absolute atomic E-state index is 5.22. The molecule has 0 fully saturated rings. The van der Waals surface area contributed by atoms with Gasteiger partial charge in [0, 0.05) is 11.9 Å². The molecule has 2 aromatic heterocycles. The lowest BCUT2D eigenvalue weighted by Crippen LogP contribution is -1.79. The Morgan fingerprint density at radius 3 is 2.07 bits per heavy atom. The highest BCUT2D eigenvalue weighted by Crippen LogP contribution is 2.07. The van der Waals surface area contributed by atoms with Crippen molar-refractivity contribution in [1.29, 1.82) is 0 Å². The largest absolute Gasteiger partial charge is 0.374 e. The van der Waals surface area contributed by atoms with Crippen LogP contribution in [0, 0.1) is 13.8 Å². The first-order valence-electron chi connectivity index (χ1n) is 4.70. The second kappa shape index (κ2) is 7.93. The summed E-state index contributed by atoms with van der Waals surface area (Å²) in [7, 11) is 0.